The number of unbranched alkanes of at least 4 members (excludes halogenated alkanes) is 7. The monoisotopic (exact) mass is 291 g/mol. The van der Waals surface area contributed by atoms with E-state index in [-0.39, 0.29) is 5.75 Å². The van der Waals surface area contributed by atoms with Gasteiger partial charge in [-0.15, -0.1) is 0 Å². The fraction of sp³-hybridized carbons (Fsp3) is 0.611. The molecule has 0 bridgehead atoms. The number of phenolic OH excluding ortho intramolecular Hbond substituents is 1. The molecule has 0 fully saturated rings. The van der Waals surface area contributed by atoms with Crippen LogP contribution in [0, 0.1) is 6.92 Å². The molecule has 0 aromatic heterocycles. The quantitative estimate of drug-likeness (QED) is 0.262. The number of aryl methyl sites for hydroxylation is 1. The van der Waals surface area contributed by atoms with Gasteiger partial charge in [0.15, 0.2) is 0 Å². The number of nitrogens with zero attached hydrogens (tertiary/aromatic N) is 1. The molecule has 0 saturated heterocycles. The minimum atomic E-state index is 0.197. The van der Waals surface area contributed by atoms with Crippen molar-refractivity contribution in [3.8, 4) is 5.75 Å². The summed E-state index contributed by atoms with van der Waals surface area (Å²) >= 11 is 0. The van der Waals surface area contributed by atoms with Crippen molar-refractivity contribution in [2.24, 2.45) is 5.16 Å². The molecule has 1 aromatic carbocycles. The second-order valence-electron chi connectivity index (χ2n) is 5.79. The molecular weight excluding hydrogens is 262 g/mol. The Bertz CT molecular complexity index is 441. The van der Waals surface area contributed by atoms with Gasteiger partial charge in [0.2, 0.25) is 0 Å². The molecule has 118 valence electrons. The fourth-order valence-corrected chi connectivity index (χ4v) is 2.55. The Labute approximate surface area is 128 Å². The van der Waals surface area contributed by atoms with E-state index in [4.69, 9.17) is 5.21 Å². The van der Waals surface area contributed by atoms with Crippen molar-refractivity contribution in [3.05, 3.63) is 29.3 Å². The largest absolute Gasteiger partial charge is 0.507 e. The topological polar surface area (TPSA) is 52.8 Å². The fourth-order valence-electron chi connectivity index (χ4n) is 2.55. The molecule has 0 atom stereocenters. The number of oxime groups is 1. The lowest BCUT2D eigenvalue weighted by molar-refractivity contribution is 0.317. The summed E-state index contributed by atoms with van der Waals surface area (Å²) < 4.78 is 0. The van der Waals surface area contributed by atoms with E-state index in [2.05, 4.69) is 12.1 Å². The molecule has 0 spiro atoms. The number of aromatic hydroxyl groups is 1. The van der Waals surface area contributed by atoms with Crippen molar-refractivity contribution in [1.82, 2.24) is 0 Å². The van der Waals surface area contributed by atoms with Crippen LogP contribution in [0.4, 0.5) is 0 Å². The first-order chi connectivity index (χ1) is 10.2. The predicted octanol–water partition coefficient (Wildman–Crippen LogP) is 5.41. The smallest absolute Gasteiger partial charge is 0.125 e. The molecule has 0 unspecified atom stereocenters. The summed E-state index contributed by atoms with van der Waals surface area (Å²) in [6.45, 7) is 4.16. The van der Waals surface area contributed by atoms with Crippen LogP contribution in [0.2, 0.25) is 0 Å². The Kier molecular flexibility index (Phi) is 8.56. The van der Waals surface area contributed by atoms with Gasteiger partial charge in [-0.3, -0.25) is 0 Å². The zero-order chi connectivity index (χ0) is 15.5. The molecule has 3 nitrogen and oxygen atoms in total. The first-order valence-corrected chi connectivity index (χ1v) is 8.20. The van der Waals surface area contributed by atoms with Crippen LogP contribution in [0.5, 0.6) is 5.75 Å². The van der Waals surface area contributed by atoms with Crippen LogP contribution in [0.3, 0.4) is 0 Å². The predicted molar refractivity (Wildman–Crippen MR) is 88.4 cm³/mol. The van der Waals surface area contributed by atoms with Crippen LogP contribution < -0.4 is 0 Å². The van der Waals surface area contributed by atoms with E-state index < -0.39 is 0 Å². The molecule has 1 aromatic rings. The molecule has 0 aliphatic carbocycles. The molecule has 0 radical (unpaired) electrons. The molecular formula is C18H29NO2. The summed E-state index contributed by atoms with van der Waals surface area (Å²) in [4.78, 5) is 0. The number of hydrogen-bond acceptors (Lipinski definition) is 3. The summed E-state index contributed by atoms with van der Waals surface area (Å²) in [6, 6.07) is 5.45. The third kappa shape index (κ3) is 6.65. The molecule has 0 aliphatic rings. The molecule has 1 rings (SSSR count). The van der Waals surface area contributed by atoms with Crippen LogP contribution >= 0.6 is 0 Å². The van der Waals surface area contributed by atoms with Crippen molar-refractivity contribution < 1.29 is 10.3 Å². The summed E-state index contributed by atoms with van der Waals surface area (Å²) in [7, 11) is 0. The van der Waals surface area contributed by atoms with Gasteiger partial charge in [-0.25, -0.2) is 0 Å². The third-order valence-corrected chi connectivity index (χ3v) is 3.85. The van der Waals surface area contributed by atoms with E-state index in [0.717, 1.165) is 18.4 Å². The van der Waals surface area contributed by atoms with Gasteiger partial charge in [0, 0.05) is 5.56 Å². The zero-order valence-corrected chi connectivity index (χ0v) is 13.4. The van der Waals surface area contributed by atoms with E-state index in [1.54, 1.807) is 6.07 Å². The lowest BCUT2D eigenvalue weighted by atomic mass is 10.0. The standard InChI is InChI=1S/C18H29NO2/c1-3-4-5-6-7-8-9-10-11-17(19-21)16-13-12-15(2)14-18(16)20/h12-14,20-21H,3-11H2,1-2H3/b19-17+. The van der Waals surface area contributed by atoms with Crippen LogP contribution in [0.25, 0.3) is 0 Å². The highest BCUT2D eigenvalue weighted by Crippen LogP contribution is 2.22. The second-order valence-corrected chi connectivity index (χ2v) is 5.79. The minimum absolute atomic E-state index is 0.197. The molecule has 2 N–H and O–H groups in total. The van der Waals surface area contributed by atoms with Gasteiger partial charge >= 0.3 is 0 Å². The third-order valence-electron chi connectivity index (χ3n) is 3.85. The first kappa shape index (κ1) is 17.5. The molecule has 0 amide bonds. The summed E-state index contributed by atoms with van der Waals surface area (Å²) in [6.07, 6.45) is 10.7. The normalized spacial score (nSPS) is 11.8. The highest BCUT2D eigenvalue weighted by molar-refractivity contribution is 6.02. The Balaban J connectivity index is 2.29. The van der Waals surface area contributed by atoms with Gasteiger partial charge in [0.25, 0.3) is 0 Å². The van der Waals surface area contributed by atoms with Gasteiger partial charge in [-0.2, -0.15) is 0 Å². The summed E-state index contributed by atoms with van der Waals surface area (Å²) in [5.74, 6) is 0.197. The lowest BCUT2D eigenvalue weighted by Gasteiger charge is -2.08. The van der Waals surface area contributed by atoms with E-state index in [1.165, 1.54) is 38.5 Å². The van der Waals surface area contributed by atoms with Crippen LogP contribution in [-0.4, -0.2) is 16.0 Å². The Hall–Kier alpha value is -1.51. The van der Waals surface area contributed by atoms with E-state index >= 15 is 0 Å². The summed E-state index contributed by atoms with van der Waals surface area (Å²) in [5, 5.41) is 22.4. The van der Waals surface area contributed by atoms with Crippen molar-refractivity contribution >= 4 is 5.71 Å². The van der Waals surface area contributed by atoms with E-state index in [1.807, 2.05) is 19.1 Å². The number of phenols is 1. The first-order valence-electron chi connectivity index (χ1n) is 8.20. The Morgan fingerprint density at radius 2 is 1.62 bits per heavy atom. The van der Waals surface area contributed by atoms with Gasteiger partial charge in [-0.05, 0) is 37.5 Å². The SMILES string of the molecule is CCCCCCCCCC/C(=N\O)c1ccc(C)cc1O. The van der Waals surface area contributed by atoms with Crippen molar-refractivity contribution in [2.75, 3.05) is 0 Å². The molecule has 0 saturated carbocycles. The van der Waals surface area contributed by atoms with Crippen LogP contribution in [0.1, 0.15) is 75.8 Å². The van der Waals surface area contributed by atoms with Gasteiger partial charge in [0.05, 0.1) is 5.71 Å². The Morgan fingerprint density at radius 3 is 2.19 bits per heavy atom. The molecule has 0 heterocycles. The van der Waals surface area contributed by atoms with Crippen molar-refractivity contribution in [2.45, 2.75) is 71.6 Å². The van der Waals surface area contributed by atoms with Crippen molar-refractivity contribution in [1.29, 1.82) is 0 Å². The van der Waals surface area contributed by atoms with Gasteiger partial charge < -0.3 is 10.3 Å². The highest BCUT2D eigenvalue weighted by atomic mass is 16.4. The molecule has 0 aliphatic heterocycles. The lowest BCUT2D eigenvalue weighted by Crippen LogP contribution is -2.02. The number of hydrogen-bond donors (Lipinski definition) is 2. The molecule has 3 heteroatoms. The van der Waals surface area contributed by atoms with Gasteiger partial charge in [0.1, 0.15) is 5.75 Å². The maximum atomic E-state index is 9.92. The minimum Gasteiger partial charge on any atom is -0.507 e. The van der Waals surface area contributed by atoms with Crippen LogP contribution in [-0.2, 0) is 0 Å². The van der Waals surface area contributed by atoms with E-state index in [9.17, 15) is 5.11 Å². The second kappa shape index (κ2) is 10.3. The Morgan fingerprint density at radius 1 is 1.00 bits per heavy atom. The average molecular weight is 291 g/mol. The highest BCUT2D eigenvalue weighted by Gasteiger charge is 2.09. The average Bonchev–Trinajstić information content (AvgIpc) is 2.47. The maximum Gasteiger partial charge on any atom is 0.125 e. The zero-order valence-electron chi connectivity index (χ0n) is 13.4. The number of benzene rings is 1. The number of rotatable bonds is 10. The molecule has 21 heavy (non-hydrogen) atoms. The maximum absolute atomic E-state index is 9.92. The van der Waals surface area contributed by atoms with Crippen molar-refractivity contribution in [3.63, 3.8) is 0 Å². The van der Waals surface area contributed by atoms with E-state index in [0.29, 0.717) is 17.7 Å². The van der Waals surface area contributed by atoms with Gasteiger partial charge in [-0.1, -0.05) is 63.1 Å². The van der Waals surface area contributed by atoms with Crippen LogP contribution in [0.15, 0.2) is 23.4 Å². The summed E-state index contributed by atoms with van der Waals surface area (Å²) in [5.41, 5.74) is 2.23.